The highest BCUT2D eigenvalue weighted by Crippen LogP contribution is 2.35. The SMILES string of the molecule is CCCCCNC(=O)c1cn(-c2ccccc2)nc1-c1cc(OC)ccc1OC. The van der Waals surface area contributed by atoms with Crippen LogP contribution in [-0.2, 0) is 0 Å². The molecule has 29 heavy (non-hydrogen) atoms. The Labute approximate surface area is 171 Å². The van der Waals surface area contributed by atoms with Crippen LogP contribution in [0.1, 0.15) is 36.5 Å². The average molecular weight is 393 g/mol. The lowest BCUT2D eigenvalue weighted by molar-refractivity contribution is 0.0953. The third-order valence-electron chi connectivity index (χ3n) is 4.71. The lowest BCUT2D eigenvalue weighted by Crippen LogP contribution is -2.24. The number of para-hydroxylation sites is 1. The Morgan fingerprint density at radius 2 is 1.86 bits per heavy atom. The third-order valence-corrected chi connectivity index (χ3v) is 4.71. The molecular weight excluding hydrogens is 366 g/mol. The number of methoxy groups -OCH3 is 2. The zero-order chi connectivity index (χ0) is 20.6. The fourth-order valence-corrected chi connectivity index (χ4v) is 3.12. The maximum Gasteiger partial charge on any atom is 0.255 e. The van der Waals surface area contributed by atoms with Crippen LogP contribution in [0, 0.1) is 0 Å². The Hall–Kier alpha value is -3.28. The van der Waals surface area contributed by atoms with Crippen molar-refractivity contribution in [3.05, 3.63) is 60.3 Å². The Morgan fingerprint density at radius 1 is 1.07 bits per heavy atom. The van der Waals surface area contributed by atoms with E-state index in [1.54, 1.807) is 25.1 Å². The smallest absolute Gasteiger partial charge is 0.255 e. The number of nitrogens with one attached hydrogen (secondary N) is 1. The van der Waals surface area contributed by atoms with Crippen LogP contribution in [0.3, 0.4) is 0 Å². The van der Waals surface area contributed by atoms with Crippen molar-refractivity contribution in [3.63, 3.8) is 0 Å². The van der Waals surface area contributed by atoms with Crippen molar-refractivity contribution in [1.82, 2.24) is 15.1 Å². The van der Waals surface area contributed by atoms with Crippen molar-refractivity contribution in [1.29, 1.82) is 0 Å². The summed E-state index contributed by atoms with van der Waals surface area (Å²) < 4.78 is 12.6. The summed E-state index contributed by atoms with van der Waals surface area (Å²) in [5.74, 6) is 1.15. The van der Waals surface area contributed by atoms with E-state index in [0.29, 0.717) is 34.9 Å². The van der Waals surface area contributed by atoms with E-state index in [2.05, 4.69) is 12.2 Å². The highest BCUT2D eigenvalue weighted by Gasteiger charge is 2.21. The summed E-state index contributed by atoms with van der Waals surface area (Å²) in [5.41, 5.74) is 2.63. The summed E-state index contributed by atoms with van der Waals surface area (Å²) >= 11 is 0. The predicted molar refractivity (Wildman–Crippen MR) is 114 cm³/mol. The molecule has 3 rings (SSSR count). The average Bonchev–Trinajstić information content (AvgIpc) is 3.22. The van der Waals surface area contributed by atoms with Gasteiger partial charge in [-0.1, -0.05) is 38.0 Å². The Kier molecular flexibility index (Phi) is 6.89. The van der Waals surface area contributed by atoms with E-state index in [4.69, 9.17) is 14.6 Å². The van der Waals surface area contributed by atoms with Crippen molar-refractivity contribution < 1.29 is 14.3 Å². The molecule has 3 aromatic rings. The molecule has 0 spiro atoms. The van der Waals surface area contributed by atoms with E-state index in [1.165, 1.54) is 0 Å². The van der Waals surface area contributed by atoms with E-state index in [-0.39, 0.29) is 5.91 Å². The Morgan fingerprint density at radius 3 is 2.55 bits per heavy atom. The van der Waals surface area contributed by atoms with E-state index in [0.717, 1.165) is 24.9 Å². The number of hydrogen-bond acceptors (Lipinski definition) is 4. The van der Waals surface area contributed by atoms with Crippen LogP contribution in [-0.4, -0.2) is 36.5 Å². The molecule has 0 aliphatic rings. The first-order chi connectivity index (χ1) is 14.2. The molecule has 152 valence electrons. The fraction of sp³-hybridized carbons (Fsp3) is 0.304. The van der Waals surface area contributed by atoms with Gasteiger partial charge in [0.05, 0.1) is 25.5 Å². The zero-order valence-electron chi connectivity index (χ0n) is 17.1. The molecule has 1 amide bonds. The van der Waals surface area contributed by atoms with Gasteiger partial charge in [-0.25, -0.2) is 4.68 Å². The number of amides is 1. The summed E-state index contributed by atoms with van der Waals surface area (Å²) in [7, 11) is 3.21. The largest absolute Gasteiger partial charge is 0.497 e. The summed E-state index contributed by atoms with van der Waals surface area (Å²) in [6.45, 7) is 2.77. The molecule has 0 saturated heterocycles. The number of benzene rings is 2. The molecule has 1 heterocycles. The lowest BCUT2D eigenvalue weighted by atomic mass is 10.1. The van der Waals surface area contributed by atoms with Crippen LogP contribution < -0.4 is 14.8 Å². The van der Waals surface area contributed by atoms with E-state index < -0.39 is 0 Å². The second kappa shape index (κ2) is 9.78. The van der Waals surface area contributed by atoms with Gasteiger partial charge in [-0.05, 0) is 36.8 Å². The molecule has 6 nitrogen and oxygen atoms in total. The van der Waals surface area contributed by atoms with Gasteiger partial charge >= 0.3 is 0 Å². The van der Waals surface area contributed by atoms with Crippen LogP contribution in [0.2, 0.25) is 0 Å². The van der Waals surface area contributed by atoms with Gasteiger partial charge in [-0.3, -0.25) is 4.79 Å². The van der Waals surface area contributed by atoms with Gasteiger partial charge in [0.1, 0.15) is 17.2 Å². The standard InChI is InChI=1S/C23H27N3O3/c1-4-5-9-14-24-23(27)20-16-26(17-10-7-6-8-11-17)25-22(20)19-15-18(28-2)12-13-21(19)29-3/h6-8,10-13,15-16H,4-5,9,14H2,1-3H3,(H,24,27). The van der Waals surface area contributed by atoms with Crippen LogP contribution >= 0.6 is 0 Å². The summed E-state index contributed by atoms with van der Waals surface area (Å²) in [4.78, 5) is 13.0. The molecule has 0 unspecified atom stereocenters. The Balaban J connectivity index is 2.05. The Bertz CT molecular complexity index is 951. The summed E-state index contributed by atoms with van der Waals surface area (Å²) in [6.07, 6.45) is 4.90. The maximum atomic E-state index is 13.0. The highest BCUT2D eigenvalue weighted by molar-refractivity contribution is 6.00. The van der Waals surface area contributed by atoms with Crippen molar-refractivity contribution in [2.75, 3.05) is 20.8 Å². The fourth-order valence-electron chi connectivity index (χ4n) is 3.12. The van der Waals surface area contributed by atoms with Gasteiger partial charge in [0.15, 0.2) is 0 Å². The monoisotopic (exact) mass is 393 g/mol. The minimum absolute atomic E-state index is 0.150. The molecular formula is C23H27N3O3. The van der Waals surface area contributed by atoms with Gasteiger partial charge in [0.25, 0.3) is 5.91 Å². The van der Waals surface area contributed by atoms with Gasteiger partial charge in [0, 0.05) is 18.3 Å². The first kappa shape index (κ1) is 20.5. The zero-order valence-corrected chi connectivity index (χ0v) is 17.1. The summed E-state index contributed by atoms with van der Waals surface area (Å²) in [5, 5.41) is 7.73. The molecule has 2 aromatic carbocycles. The maximum absolute atomic E-state index is 13.0. The first-order valence-corrected chi connectivity index (χ1v) is 9.83. The molecule has 6 heteroatoms. The number of unbranched alkanes of at least 4 members (excludes halogenated alkanes) is 2. The normalized spacial score (nSPS) is 10.6. The molecule has 0 radical (unpaired) electrons. The van der Waals surface area contributed by atoms with Crippen molar-refractivity contribution in [2.24, 2.45) is 0 Å². The van der Waals surface area contributed by atoms with Crippen LogP contribution in [0.5, 0.6) is 11.5 Å². The molecule has 1 aromatic heterocycles. The van der Waals surface area contributed by atoms with Crippen LogP contribution in [0.25, 0.3) is 16.9 Å². The first-order valence-electron chi connectivity index (χ1n) is 9.83. The minimum atomic E-state index is -0.150. The number of carbonyl (C=O) groups is 1. The lowest BCUT2D eigenvalue weighted by Gasteiger charge is -2.10. The van der Waals surface area contributed by atoms with E-state index >= 15 is 0 Å². The van der Waals surface area contributed by atoms with Crippen molar-refractivity contribution in [2.45, 2.75) is 26.2 Å². The van der Waals surface area contributed by atoms with E-state index in [1.807, 2.05) is 48.5 Å². The predicted octanol–water partition coefficient (Wildman–Crippen LogP) is 4.48. The van der Waals surface area contributed by atoms with Gasteiger partial charge in [-0.2, -0.15) is 5.10 Å². The molecule has 0 saturated carbocycles. The molecule has 0 aliphatic carbocycles. The van der Waals surface area contributed by atoms with E-state index in [9.17, 15) is 4.79 Å². The van der Waals surface area contributed by atoms with Crippen molar-refractivity contribution in [3.8, 4) is 28.4 Å². The quantitative estimate of drug-likeness (QED) is 0.545. The number of nitrogens with zero attached hydrogens (tertiary/aromatic N) is 2. The molecule has 1 N–H and O–H groups in total. The van der Waals surface area contributed by atoms with Crippen LogP contribution in [0.15, 0.2) is 54.7 Å². The molecule has 0 aliphatic heterocycles. The summed E-state index contributed by atoms with van der Waals surface area (Å²) in [6, 6.07) is 15.2. The second-order valence-corrected chi connectivity index (χ2v) is 6.70. The van der Waals surface area contributed by atoms with Gasteiger partial charge in [0.2, 0.25) is 0 Å². The van der Waals surface area contributed by atoms with Crippen molar-refractivity contribution >= 4 is 5.91 Å². The minimum Gasteiger partial charge on any atom is -0.497 e. The topological polar surface area (TPSA) is 65.4 Å². The number of ether oxygens (including phenoxy) is 2. The van der Waals surface area contributed by atoms with Gasteiger partial charge in [-0.15, -0.1) is 0 Å². The number of aromatic nitrogens is 2. The van der Waals surface area contributed by atoms with Crippen LogP contribution in [0.4, 0.5) is 0 Å². The van der Waals surface area contributed by atoms with Gasteiger partial charge < -0.3 is 14.8 Å². The highest BCUT2D eigenvalue weighted by atomic mass is 16.5. The third kappa shape index (κ3) is 4.77. The number of carbonyl (C=O) groups excluding carboxylic acids is 1. The molecule has 0 fully saturated rings. The molecule has 0 atom stereocenters. The molecule has 0 bridgehead atoms. The second-order valence-electron chi connectivity index (χ2n) is 6.70. The number of hydrogen-bond donors (Lipinski definition) is 1. The number of rotatable bonds is 9.